The fraction of sp³-hybridized carbons (Fsp3) is 0.462. The normalized spacial score (nSPS) is 13.8. The summed E-state index contributed by atoms with van der Waals surface area (Å²) >= 11 is 0. The smallest absolute Gasteiger partial charge is 0.315 e. The van der Waals surface area contributed by atoms with Crippen molar-refractivity contribution in [2.24, 2.45) is 7.05 Å². The maximum Gasteiger partial charge on any atom is 0.315 e. The molecule has 7 heteroatoms. The van der Waals surface area contributed by atoms with Crippen LogP contribution in [-0.2, 0) is 7.05 Å². The summed E-state index contributed by atoms with van der Waals surface area (Å²) in [6.45, 7) is 5.59. The van der Waals surface area contributed by atoms with Gasteiger partial charge >= 0.3 is 6.03 Å². The van der Waals surface area contributed by atoms with Gasteiger partial charge in [0.15, 0.2) is 5.82 Å². The molecule has 0 aromatic carbocycles. The molecule has 2 amide bonds. The highest BCUT2D eigenvalue weighted by atomic mass is 16.3. The van der Waals surface area contributed by atoms with Crippen molar-refractivity contribution in [3.05, 3.63) is 35.8 Å². The molecule has 2 heterocycles. The van der Waals surface area contributed by atoms with Crippen molar-refractivity contribution in [3.63, 3.8) is 0 Å². The van der Waals surface area contributed by atoms with E-state index in [0.717, 1.165) is 11.5 Å². The molecular formula is C13H19N5O2. The first kappa shape index (κ1) is 14.1. The molecule has 2 atom stereocenters. The summed E-state index contributed by atoms with van der Waals surface area (Å²) in [5.74, 6) is 2.24. The van der Waals surface area contributed by atoms with Crippen molar-refractivity contribution in [1.82, 2.24) is 25.4 Å². The lowest BCUT2D eigenvalue weighted by molar-refractivity contribution is 0.232. The predicted molar refractivity (Wildman–Crippen MR) is 72.9 cm³/mol. The molecule has 2 N–H and O–H groups in total. The van der Waals surface area contributed by atoms with Crippen LogP contribution in [0.4, 0.5) is 4.79 Å². The van der Waals surface area contributed by atoms with Crippen LogP contribution in [0.15, 0.2) is 22.9 Å². The molecule has 0 radical (unpaired) electrons. The van der Waals surface area contributed by atoms with Crippen molar-refractivity contribution in [2.75, 3.05) is 0 Å². The van der Waals surface area contributed by atoms with Gasteiger partial charge in [-0.3, -0.25) is 0 Å². The van der Waals surface area contributed by atoms with E-state index >= 15 is 0 Å². The second kappa shape index (κ2) is 5.77. The molecule has 0 spiro atoms. The van der Waals surface area contributed by atoms with Gasteiger partial charge in [0.25, 0.3) is 0 Å². The number of nitrogens with one attached hydrogen (secondary N) is 2. The number of carbonyl (C=O) groups is 1. The van der Waals surface area contributed by atoms with Crippen molar-refractivity contribution < 1.29 is 9.21 Å². The van der Waals surface area contributed by atoms with E-state index in [4.69, 9.17) is 4.42 Å². The number of urea groups is 1. The topological polar surface area (TPSA) is 85.0 Å². The third-order valence-electron chi connectivity index (χ3n) is 3.02. The van der Waals surface area contributed by atoms with Crippen LogP contribution in [0, 0.1) is 6.92 Å². The van der Waals surface area contributed by atoms with E-state index in [9.17, 15) is 4.79 Å². The lowest BCUT2D eigenvalue weighted by Gasteiger charge is -2.16. The van der Waals surface area contributed by atoms with Gasteiger partial charge in [-0.15, -0.1) is 10.2 Å². The summed E-state index contributed by atoms with van der Waals surface area (Å²) in [7, 11) is 1.83. The Bertz CT molecular complexity index is 589. The molecule has 0 aliphatic carbocycles. The predicted octanol–water partition coefficient (Wildman–Crippen LogP) is 1.84. The Morgan fingerprint density at radius 2 is 2.00 bits per heavy atom. The largest absolute Gasteiger partial charge is 0.464 e. The summed E-state index contributed by atoms with van der Waals surface area (Å²) < 4.78 is 7.24. The van der Waals surface area contributed by atoms with Gasteiger partial charge in [0.1, 0.15) is 17.8 Å². The van der Waals surface area contributed by atoms with E-state index in [2.05, 4.69) is 20.8 Å². The minimum absolute atomic E-state index is 0.199. The lowest BCUT2D eigenvalue weighted by Crippen LogP contribution is -2.39. The lowest BCUT2D eigenvalue weighted by atomic mass is 10.2. The third kappa shape index (κ3) is 3.17. The molecule has 7 nitrogen and oxygen atoms in total. The fourth-order valence-electron chi connectivity index (χ4n) is 1.94. The average Bonchev–Trinajstić information content (AvgIpc) is 2.97. The summed E-state index contributed by atoms with van der Waals surface area (Å²) in [5, 5.41) is 13.4. The molecule has 2 aromatic heterocycles. The second-order valence-corrected chi connectivity index (χ2v) is 4.81. The molecule has 2 aromatic rings. The first-order valence-corrected chi connectivity index (χ1v) is 6.44. The summed E-state index contributed by atoms with van der Waals surface area (Å²) in [6, 6.07) is 3.02. The van der Waals surface area contributed by atoms with Crippen LogP contribution in [0.25, 0.3) is 0 Å². The van der Waals surface area contributed by atoms with E-state index in [0.29, 0.717) is 5.82 Å². The van der Waals surface area contributed by atoms with Crippen LogP contribution in [0.3, 0.4) is 0 Å². The number of furan rings is 1. The van der Waals surface area contributed by atoms with Gasteiger partial charge in [-0.05, 0) is 32.9 Å². The van der Waals surface area contributed by atoms with Gasteiger partial charge in [0.2, 0.25) is 0 Å². The quantitative estimate of drug-likeness (QED) is 0.893. The van der Waals surface area contributed by atoms with E-state index in [1.165, 1.54) is 0 Å². The molecule has 0 saturated carbocycles. The molecule has 0 aliphatic rings. The molecule has 0 saturated heterocycles. The minimum Gasteiger partial charge on any atom is -0.464 e. The van der Waals surface area contributed by atoms with Gasteiger partial charge < -0.3 is 19.6 Å². The molecule has 0 bridgehead atoms. The van der Waals surface area contributed by atoms with Crippen molar-refractivity contribution >= 4 is 6.03 Å². The number of hydrogen-bond donors (Lipinski definition) is 2. The van der Waals surface area contributed by atoms with Crippen LogP contribution >= 0.6 is 0 Å². The SMILES string of the molecule is Cc1ccc([C@@H](C)NC(=O)N[C@@H](C)c2nncn2C)o1. The maximum atomic E-state index is 11.9. The molecule has 0 unspecified atom stereocenters. The van der Waals surface area contributed by atoms with Gasteiger partial charge in [0.05, 0.1) is 12.1 Å². The van der Waals surface area contributed by atoms with Gasteiger partial charge in [-0.1, -0.05) is 0 Å². The van der Waals surface area contributed by atoms with E-state index in [1.807, 2.05) is 40.0 Å². The second-order valence-electron chi connectivity index (χ2n) is 4.81. The monoisotopic (exact) mass is 277 g/mol. The summed E-state index contributed by atoms with van der Waals surface area (Å²) in [6.07, 6.45) is 1.60. The first-order chi connectivity index (χ1) is 9.47. The highest BCUT2D eigenvalue weighted by molar-refractivity contribution is 5.74. The van der Waals surface area contributed by atoms with E-state index in [-0.39, 0.29) is 18.1 Å². The number of nitrogens with zero attached hydrogens (tertiary/aromatic N) is 3. The molecule has 0 fully saturated rings. The molecule has 2 rings (SSSR count). The van der Waals surface area contributed by atoms with Gasteiger partial charge in [0, 0.05) is 7.05 Å². The number of rotatable bonds is 4. The van der Waals surface area contributed by atoms with Gasteiger partial charge in [-0.25, -0.2) is 4.79 Å². The highest BCUT2D eigenvalue weighted by Crippen LogP contribution is 2.15. The zero-order chi connectivity index (χ0) is 14.7. The van der Waals surface area contributed by atoms with E-state index in [1.54, 1.807) is 10.9 Å². The molecule has 0 aliphatic heterocycles. The van der Waals surface area contributed by atoms with Crippen LogP contribution in [0.2, 0.25) is 0 Å². The van der Waals surface area contributed by atoms with Crippen LogP contribution in [-0.4, -0.2) is 20.8 Å². The Hall–Kier alpha value is -2.31. The zero-order valence-corrected chi connectivity index (χ0v) is 12.0. The van der Waals surface area contributed by atoms with Crippen LogP contribution in [0.5, 0.6) is 0 Å². The van der Waals surface area contributed by atoms with Gasteiger partial charge in [-0.2, -0.15) is 0 Å². The number of hydrogen-bond acceptors (Lipinski definition) is 4. The Morgan fingerprint density at radius 3 is 2.55 bits per heavy atom. The maximum absolute atomic E-state index is 11.9. The van der Waals surface area contributed by atoms with E-state index < -0.39 is 0 Å². The Kier molecular flexibility index (Phi) is 4.07. The Balaban J connectivity index is 1.91. The third-order valence-corrected chi connectivity index (χ3v) is 3.02. The Labute approximate surface area is 117 Å². The standard InChI is InChI=1S/C13H19N5O2/c1-8-5-6-11(20-8)9(2)15-13(19)16-10(3)12-17-14-7-18(12)4/h5-7,9-10H,1-4H3,(H2,15,16,19)/t9-,10+/m1/s1. The highest BCUT2D eigenvalue weighted by Gasteiger charge is 2.17. The van der Waals surface area contributed by atoms with Crippen LogP contribution < -0.4 is 10.6 Å². The number of amides is 2. The van der Waals surface area contributed by atoms with Crippen LogP contribution in [0.1, 0.15) is 43.3 Å². The molecule has 108 valence electrons. The fourth-order valence-corrected chi connectivity index (χ4v) is 1.94. The number of aromatic nitrogens is 3. The zero-order valence-electron chi connectivity index (χ0n) is 12.0. The summed E-state index contributed by atoms with van der Waals surface area (Å²) in [4.78, 5) is 11.9. The van der Waals surface area contributed by atoms with Crippen molar-refractivity contribution in [1.29, 1.82) is 0 Å². The number of carbonyl (C=O) groups excluding carboxylic acids is 1. The summed E-state index contributed by atoms with van der Waals surface area (Å²) in [5.41, 5.74) is 0. The average molecular weight is 277 g/mol. The number of aryl methyl sites for hydroxylation is 2. The van der Waals surface area contributed by atoms with Crippen molar-refractivity contribution in [3.8, 4) is 0 Å². The molecular weight excluding hydrogens is 258 g/mol. The first-order valence-electron chi connectivity index (χ1n) is 6.44. The molecule has 20 heavy (non-hydrogen) atoms. The minimum atomic E-state index is -0.276. The Morgan fingerprint density at radius 1 is 1.30 bits per heavy atom. The van der Waals surface area contributed by atoms with Crippen molar-refractivity contribution in [2.45, 2.75) is 32.9 Å².